The Hall–Kier alpha value is -0.470. The number of hydrogen-bond donors (Lipinski definition) is 1. The molecular weight excluding hydrogens is 180 g/mol. The van der Waals surface area contributed by atoms with Crippen LogP contribution in [0.5, 0.6) is 0 Å². The maximum absolute atomic E-state index is 9.76. The molecule has 0 bridgehead atoms. The second-order valence-corrected chi connectivity index (χ2v) is 4.20. The molecule has 1 unspecified atom stereocenters. The maximum atomic E-state index is 9.76. The zero-order chi connectivity index (χ0) is 9.68. The Bertz CT molecular complexity index is 260. The van der Waals surface area contributed by atoms with Gasteiger partial charge in [-0.3, -0.25) is 0 Å². The molecule has 1 nitrogen and oxygen atoms in total. The average molecular weight is 196 g/mol. The molecule has 1 atom stereocenters. The molecule has 0 radical (unpaired) electrons. The Morgan fingerprint density at radius 1 is 1.46 bits per heavy atom. The lowest BCUT2D eigenvalue weighted by Gasteiger charge is -2.10. The maximum Gasteiger partial charge on any atom is 0.0798 e. The summed E-state index contributed by atoms with van der Waals surface area (Å²) in [5.41, 5.74) is 2.25. The Morgan fingerprint density at radius 2 is 2.23 bits per heavy atom. The zero-order valence-electron chi connectivity index (χ0n) is 8.16. The van der Waals surface area contributed by atoms with E-state index in [1.165, 1.54) is 5.56 Å². The van der Waals surface area contributed by atoms with Crippen LogP contribution >= 0.6 is 11.8 Å². The number of aliphatic hydroxyl groups excluding tert-OH is 1. The minimum absolute atomic E-state index is 0.299. The van der Waals surface area contributed by atoms with Gasteiger partial charge in [0.2, 0.25) is 0 Å². The van der Waals surface area contributed by atoms with Gasteiger partial charge in [0.1, 0.15) is 0 Å². The summed E-state index contributed by atoms with van der Waals surface area (Å²) < 4.78 is 0. The predicted molar refractivity (Wildman–Crippen MR) is 59.1 cm³/mol. The number of rotatable bonds is 4. The predicted octanol–water partition coefficient (Wildman–Crippen LogP) is 2.78. The van der Waals surface area contributed by atoms with Gasteiger partial charge in [-0.05, 0) is 30.9 Å². The van der Waals surface area contributed by atoms with Crippen molar-refractivity contribution in [2.45, 2.75) is 19.4 Å². The minimum atomic E-state index is -0.299. The van der Waals surface area contributed by atoms with Crippen LogP contribution < -0.4 is 0 Å². The molecular formula is C11H16OS. The topological polar surface area (TPSA) is 20.2 Å². The van der Waals surface area contributed by atoms with E-state index in [9.17, 15) is 5.11 Å². The molecule has 0 aromatic heterocycles. The molecule has 13 heavy (non-hydrogen) atoms. The number of aliphatic hydroxyl groups is 1. The minimum Gasteiger partial charge on any atom is -0.388 e. The highest BCUT2D eigenvalue weighted by Crippen LogP contribution is 2.18. The summed E-state index contributed by atoms with van der Waals surface area (Å²) in [5, 5.41) is 9.76. The molecule has 0 amide bonds. The summed E-state index contributed by atoms with van der Waals surface area (Å²) >= 11 is 1.77. The third-order valence-corrected chi connectivity index (χ3v) is 2.67. The van der Waals surface area contributed by atoms with E-state index in [-0.39, 0.29) is 6.10 Å². The fourth-order valence-electron chi connectivity index (χ4n) is 1.27. The highest BCUT2D eigenvalue weighted by atomic mass is 32.2. The molecule has 0 fully saturated rings. The van der Waals surface area contributed by atoms with Crippen molar-refractivity contribution in [3.05, 3.63) is 35.4 Å². The molecule has 0 heterocycles. The standard InChI is InChI=1S/C11H16OS/c1-9-4-3-5-10(8-9)11(12)6-7-13-2/h3-5,8,11-12H,6-7H2,1-2H3. The highest BCUT2D eigenvalue weighted by Gasteiger charge is 2.05. The van der Waals surface area contributed by atoms with Crippen molar-refractivity contribution in [1.82, 2.24) is 0 Å². The second-order valence-electron chi connectivity index (χ2n) is 3.21. The SMILES string of the molecule is CSCCC(O)c1cccc(C)c1. The molecule has 1 aromatic carbocycles. The highest BCUT2D eigenvalue weighted by molar-refractivity contribution is 7.98. The Balaban J connectivity index is 2.60. The largest absolute Gasteiger partial charge is 0.388 e. The lowest BCUT2D eigenvalue weighted by Crippen LogP contribution is -1.98. The summed E-state index contributed by atoms with van der Waals surface area (Å²) in [6.07, 6.45) is 2.60. The molecule has 0 saturated heterocycles. The molecule has 0 spiro atoms. The van der Waals surface area contributed by atoms with Gasteiger partial charge in [-0.25, -0.2) is 0 Å². The average Bonchev–Trinajstić information content (AvgIpc) is 2.14. The van der Waals surface area contributed by atoms with Crippen LogP contribution in [0.25, 0.3) is 0 Å². The van der Waals surface area contributed by atoms with E-state index in [2.05, 4.69) is 6.26 Å². The monoisotopic (exact) mass is 196 g/mol. The Kier molecular flexibility index (Phi) is 4.33. The first-order chi connectivity index (χ1) is 6.24. The lowest BCUT2D eigenvalue weighted by molar-refractivity contribution is 0.175. The summed E-state index contributed by atoms with van der Waals surface area (Å²) in [6, 6.07) is 8.07. The number of benzene rings is 1. The molecule has 1 aromatic rings. The van der Waals surface area contributed by atoms with Crippen LogP contribution in [0.2, 0.25) is 0 Å². The Labute approximate surface area is 84.2 Å². The van der Waals surface area contributed by atoms with E-state index in [1.807, 2.05) is 31.2 Å². The number of thioether (sulfide) groups is 1. The summed E-state index contributed by atoms with van der Waals surface area (Å²) in [6.45, 7) is 2.05. The number of aryl methyl sites for hydroxylation is 1. The fraction of sp³-hybridized carbons (Fsp3) is 0.455. The van der Waals surface area contributed by atoms with Crippen molar-refractivity contribution < 1.29 is 5.11 Å². The normalized spacial score (nSPS) is 12.8. The zero-order valence-corrected chi connectivity index (χ0v) is 8.97. The first-order valence-corrected chi connectivity index (χ1v) is 5.87. The van der Waals surface area contributed by atoms with Gasteiger partial charge < -0.3 is 5.11 Å². The molecule has 0 aliphatic carbocycles. The van der Waals surface area contributed by atoms with Crippen molar-refractivity contribution >= 4 is 11.8 Å². The van der Waals surface area contributed by atoms with Crippen LogP contribution in [0.1, 0.15) is 23.7 Å². The third-order valence-electron chi connectivity index (χ3n) is 2.02. The van der Waals surface area contributed by atoms with Gasteiger partial charge in [-0.15, -0.1) is 0 Å². The van der Waals surface area contributed by atoms with E-state index < -0.39 is 0 Å². The van der Waals surface area contributed by atoms with Gasteiger partial charge >= 0.3 is 0 Å². The van der Waals surface area contributed by atoms with E-state index in [0.29, 0.717) is 0 Å². The molecule has 1 rings (SSSR count). The van der Waals surface area contributed by atoms with Crippen molar-refractivity contribution in [2.75, 3.05) is 12.0 Å². The first-order valence-electron chi connectivity index (χ1n) is 4.47. The van der Waals surface area contributed by atoms with Gasteiger partial charge in [-0.1, -0.05) is 29.8 Å². The smallest absolute Gasteiger partial charge is 0.0798 e. The van der Waals surface area contributed by atoms with Gasteiger partial charge in [-0.2, -0.15) is 11.8 Å². The molecule has 0 aliphatic rings. The van der Waals surface area contributed by atoms with E-state index >= 15 is 0 Å². The van der Waals surface area contributed by atoms with Crippen LogP contribution in [0.4, 0.5) is 0 Å². The second kappa shape index (κ2) is 5.30. The third kappa shape index (κ3) is 3.41. The molecule has 72 valence electrons. The van der Waals surface area contributed by atoms with Crippen LogP contribution in [0.3, 0.4) is 0 Å². The van der Waals surface area contributed by atoms with Crippen LogP contribution in [-0.4, -0.2) is 17.1 Å². The number of hydrogen-bond acceptors (Lipinski definition) is 2. The summed E-state index contributed by atoms with van der Waals surface area (Å²) in [4.78, 5) is 0. The van der Waals surface area contributed by atoms with Crippen LogP contribution in [0.15, 0.2) is 24.3 Å². The van der Waals surface area contributed by atoms with Crippen LogP contribution in [0, 0.1) is 6.92 Å². The molecule has 2 heteroatoms. The molecule has 1 N–H and O–H groups in total. The van der Waals surface area contributed by atoms with E-state index in [0.717, 1.165) is 17.7 Å². The first kappa shape index (κ1) is 10.6. The Morgan fingerprint density at radius 3 is 2.85 bits per heavy atom. The summed E-state index contributed by atoms with van der Waals surface area (Å²) in [5.74, 6) is 1.01. The van der Waals surface area contributed by atoms with Gasteiger partial charge in [0.15, 0.2) is 0 Å². The summed E-state index contributed by atoms with van der Waals surface area (Å²) in [7, 11) is 0. The van der Waals surface area contributed by atoms with Gasteiger partial charge in [0.25, 0.3) is 0 Å². The lowest BCUT2D eigenvalue weighted by atomic mass is 10.1. The van der Waals surface area contributed by atoms with Crippen LogP contribution in [-0.2, 0) is 0 Å². The molecule has 0 aliphatic heterocycles. The molecule has 0 saturated carbocycles. The van der Waals surface area contributed by atoms with Crippen molar-refractivity contribution in [1.29, 1.82) is 0 Å². The van der Waals surface area contributed by atoms with E-state index in [1.54, 1.807) is 11.8 Å². The fourth-order valence-corrected chi connectivity index (χ4v) is 1.73. The van der Waals surface area contributed by atoms with Crippen molar-refractivity contribution in [3.8, 4) is 0 Å². The van der Waals surface area contributed by atoms with Gasteiger partial charge in [0, 0.05) is 0 Å². The quantitative estimate of drug-likeness (QED) is 0.799. The van der Waals surface area contributed by atoms with E-state index in [4.69, 9.17) is 0 Å². The van der Waals surface area contributed by atoms with Gasteiger partial charge in [0.05, 0.1) is 6.10 Å². The van der Waals surface area contributed by atoms with Crippen molar-refractivity contribution in [2.24, 2.45) is 0 Å². The van der Waals surface area contributed by atoms with Crippen molar-refractivity contribution in [3.63, 3.8) is 0 Å².